The molecule has 1 aliphatic heterocycles. The van der Waals surface area contributed by atoms with Crippen LogP contribution in [-0.2, 0) is 4.79 Å². The molecule has 0 fully saturated rings. The molecule has 1 heterocycles. The second kappa shape index (κ2) is 9.03. The number of non-ortho nitro benzene ring substituents is 1. The maximum Gasteiger partial charge on any atom is 0.270 e. The minimum absolute atomic E-state index is 0.00793. The number of carbonyl (C=O) groups excluding carboxylic acids is 1. The van der Waals surface area contributed by atoms with Gasteiger partial charge in [-0.05, 0) is 30.2 Å². The molecule has 0 aliphatic carbocycles. The van der Waals surface area contributed by atoms with Gasteiger partial charge in [-0.2, -0.15) is 0 Å². The average Bonchev–Trinajstić information content (AvgIpc) is 2.71. The standard InChI is InChI=1S/C21H22N2O5/c1-2-12-22(14-18-15-27-19-8-3-4-9-20(19)28-18)21(24)11-10-16-6-5-7-17(13-16)23(25)26/h3-11,13,18H,2,12,14-15H2,1H3. The predicted molar refractivity (Wildman–Crippen MR) is 105 cm³/mol. The van der Waals surface area contributed by atoms with E-state index >= 15 is 0 Å². The Hall–Kier alpha value is -3.35. The van der Waals surface area contributed by atoms with Gasteiger partial charge in [0.25, 0.3) is 5.69 Å². The fourth-order valence-corrected chi connectivity index (χ4v) is 2.98. The summed E-state index contributed by atoms with van der Waals surface area (Å²) in [6.45, 7) is 3.36. The molecule has 146 valence electrons. The Balaban J connectivity index is 1.66. The van der Waals surface area contributed by atoms with Gasteiger partial charge in [0.1, 0.15) is 6.61 Å². The van der Waals surface area contributed by atoms with Crippen LogP contribution in [0.15, 0.2) is 54.6 Å². The molecule has 28 heavy (non-hydrogen) atoms. The molecule has 0 N–H and O–H groups in total. The molecular formula is C21H22N2O5. The van der Waals surface area contributed by atoms with Gasteiger partial charge >= 0.3 is 0 Å². The highest BCUT2D eigenvalue weighted by Gasteiger charge is 2.24. The molecule has 2 aromatic carbocycles. The van der Waals surface area contributed by atoms with E-state index in [1.165, 1.54) is 18.2 Å². The second-order valence-electron chi connectivity index (χ2n) is 6.47. The van der Waals surface area contributed by atoms with Crippen molar-refractivity contribution < 1.29 is 19.2 Å². The molecule has 7 heteroatoms. The van der Waals surface area contributed by atoms with Crippen molar-refractivity contribution in [2.24, 2.45) is 0 Å². The zero-order valence-corrected chi connectivity index (χ0v) is 15.6. The van der Waals surface area contributed by atoms with E-state index in [0.717, 1.165) is 6.42 Å². The molecule has 0 bridgehead atoms. The first-order valence-corrected chi connectivity index (χ1v) is 9.16. The van der Waals surface area contributed by atoms with E-state index in [0.29, 0.717) is 36.8 Å². The van der Waals surface area contributed by atoms with Crippen molar-refractivity contribution >= 4 is 17.7 Å². The van der Waals surface area contributed by atoms with Gasteiger partial charge in [-0.1, -0.05) is 31.2 Å². The Morgan fingerprint density at radius 1 is 1.25 bits per heavy atom. The first kappa shape index (κ1) is 19.4. The van der Waals surface area contributed by atoms with Crippen LogP contribution in [0.5, 0.6) is 11.5 Å². The van der Waals surface area contributed by atoms with E-state index in [9.17, 15) is 14.9 Å². The van der Waals surface area contributed by atoms with E-state index in [-0.39, 0.29) is 17.7 Å². The van der Waals surface area contributed by atoms with Gasteiger partial charge in [0, 0.05) is 24.8 Å². The third-order valence-electron chi connectivity index (χ3n) is 4.30. The van der Waals surface area contributed by atoms with Crippen molar-refractivity contribution in [1.29, 1.82) is 0 Å². The van der Waals surface area contributed by atoms with Crippen molar-refractivity contribution in [3.8, 4) is 11.5 Å². The van der Waals surface area contributed by atoms with Gasteiger partial charge in [0.2, 0.25) is 5.91 Å². The van der Waals surface area contributed by atoms with Crippen molar-refractivity contribution in [1.82, 2.24) is 4.90 Å². The molecular weight excluding hydrogens is 360 g/mol. The van der Waals surface area contributed by atoms with Crippen molar-refractivity contribution in [2.45, 2.75) is 19.4 Å². The molecule has 1 aliphatic rings. The molecule has 1 atom stereocenters. The molecule has 1 unspecified atom stereocenters. The lowest BCUT2D eigenvalue weighted by Crippen LogP contribution is -2.43. The number of ether oxygens (including phenoxy) is 2. The third-order valence-corrected chi connectivity index (χ3v) is 4.30. The van der Waals surface area contributed by atoms with Crippen LogP contribution < -0.4 is 9.47 Å². The number of carbonyl (C=O) groups is 1. The SMILES string of the molecule is CCCN(CC1COc2ccccc2O1)C(=O)C=Cc1cccc([N+](=O)[O-])c1. The summed E-state index contributed by atoms with van der Waals surface area (Å²) < 4.78 is 11.7. The summed E-state index contributed by atoms with van der Waals surface area (Å²) in [4.78, 5) is 24.8. The molecule has 0 aromatic heterocycles. The van der Waals surface area contributed by atoms with Gasteiger partial charge in [-0.3, -0.25) is 14.9 Å². The summed E-state index contributed by atoms with van der Waals surface area (Å²) in [5.41, 5.74) is 0.594. The summed E-state index contributed by atoms with van der Waals surface area (Å²) in [5, 5.41) is 10.9. The van der Waals surface area contributed by atoms with Crippen LogP contribution in [0.4, 0.5) is 5.69 Å². The fourth-order valence-electron chi connectivity index (χ4n) is 2.98. The molecule has 0 saturated heterocycles. The van der Waals surface area contributed by atoms with E-state index in [1.54, 1.807) is 23.1 Å². The molecule has 0 saturated carbocycles. The second-order valence-corrected chi connectivity index (χ2v) is 6.47. The number of rotatable bonds is 7. The van der Waals surface area contributed by atoms with Crippen LogP contribution in [0.1, 0.15) is 18.9 Å². The summed E-state index contributed by atoms with van der Waals surface area (Å²) in [5.74, 6) is 1.21. The van der Waals surface area contributed by atoms with E-state index in [4.69, 9.17) is 9.47 Å². The topological polar surface area (TPSA) is 81.9 Å². The molecule has 7 nitrogen and oxygen atoms in total. The largest absolute Gasteiger partial charge is 0.486 e. The highest BCUT2D eigenvalue weighted by Crippen LogP contribution is 2.31. The molecule has 1 amide bonds. The number of hydrogen-bond acceptors (Lipinski definition) is 5. The highest BCUT2D eigenvalue weighted by molar-refractivity contribution is 5.91. The van der Waals surface area contributed by atoms with Gasteiger partial charge in [0.05, 0.1) is 11.5 Å². The number of fused-ring (bicyclic) bond motifs is 1. The van der Waals surface area contributed by atoms with E-state index in [2.05, 4.69) is 0 Å². The Morgan fingerprint density at radius 3 is 2.79 bits per heavy atom. The summed E-state index contributed by atoms with van der Waals surface area (Å²) in [6, 6.07) is 13.6. The lowest BCUT2D eigenvalue weighted by Gasteiger charge is -2.30. The van der Waals surface area contributed by atoms with Gasteiger partial charge < -0.3 is 14.4 Å². The Bertz CT molecular complexity index is 881. The molecule has 0 spiro atoms. The summed E-state index contributed by atoms with van der Waals surface area (Å²) in [7, 11) is 0. The smallest absolute Gasteiger partial charge is 0.270 e. The minimum atomic E-state index is -0.458. The zero-order valence-electron chi connectivity index (χ0n) is 15.6. The minimum Gasteiger partial charge on any atom is -0.486 e. The van der Waals surface area contributed by atoms with Crippen molar-refractivity contribution in [3.05, 3.63) is 70.3 Å². The van der Waals surface area contributed by atoms with Crippen LogP contribution >= 0.6 is 0 Å². The van der Waals surface area contributed by atoms with Crippen molar-refractivity contribution in [3.63, 3.8) is 0 Å². The first-order chi connectivity index (χ1) is 13.6. The Morgan fingerprint density at radius 2 is 2.04 bits per heavy atom. The zero-order chi connectivity index (χ0) is 19.9. The monoisotopic (exact) mass is 382 g/mol. The van der Waals surface area contributed by atoms with Crippen molar-refractivity contribution in [2.75, 3.05) is 19.7 Å². The van der Waals surface area contributed by atoms with Crippen LogP contribution in [0.3, 0.4) is 0 Å². The number of nitrogens with zero attached hydrogens (tertiary/aromatic N) is 2. The number of nitro groups is 1. The summed E-state index contributed by atoms with van der Waals surface area (Å²) >= 11 is 0. The normalized spacial score (nSPS) is 15.4. The van der Waals surface area contributed by atoms with Crippen LogP contribution in [0, 0.1) is 10.1 Å². The number of para-hydroxylation sites is 2. The molecule has 3 rings (SSSR count). The van der Waals surface area contributed by atoms with Gasteiger partial charge in [-0.25, -0.2) is 0 Å². The van der Waals surface area contributed by atoms with Gasteiger partial charge in [0.15, 0.2) is 17.6 Å². The lowest BCUT2D eigenvalue weighted by molar-refractivity contribution is -0.384. The van der Waals surface area contributed by atoms with E-state index < -0.39 is 4.92 Å². The van der Waals surface area contributed by atoms with Crippen LogP contribution in [0.2, 0.25) is 0 Å². The maximum absolute atomic E-state index is 12.7. The Labute approximate surface area is 163 Å². The van der Waals surface area contributed by atoms with Crippen LogP contribution in [0.25, 0.3) is 6.08 Å². The number of benzene rings is 2. The summed E-state index contributed by atoms with van der Waals surface area (Å²) in [6.07, 6.45) is 3.58. The average molecular weight is 382 g/mol. The first-order valence-electron chi connectivity index (χ1n) is 9.16. The number of amides is 1. The Kier molecular flexibility index (Phi) is 6.26. The molecule has 0 radical (unpaired) electrons. The van der Waals surface area contributed by atoms with E-state index in [1.807, 2.05) is 31.2 Å². The number of hydrogen-bond donors (Lipinski definition) is 0. The quantitative estimate of drug-likeness (QED) is 0.414. The lowest BCUT2D eigenvalue weighted by atomic mass is 10.2. The third kappa shape index (κ3) is 4.88. The van der Waals surface area contributed by atoms with Gasteiger partial charge in [-0.15, -0.1) is 0 Å². The predicted octanol–water partition coefficient (Wildman–Crippen LogP) is 3.69. The molecule has 2 aromatic rings. The van der Waals surface area contributed by atoms with Crippen LogP contribution in [-0.4, -0.2) is 41.5 Å². The fraction of sp³-hybridized carbons (Fsp3) is 0.286. The highest BCUT2D eigenvalue weighted by atomic mass is 16.6. The maximum atomic E-state index is 12.7. The number of nitro benzene ring substituents is 1.